The molecular formula is C39H46O8P2. The Morgan fingerprint density at radius 1 is 0.510 bits per heavy atom. The van der Waals surface area contributed by atoms with E-state index < -0.39 is 25.5 Å². The number of benzene rings is 4. The summed E-state index contributed by atoms with van der Waals surface area (Å²) in [5.41, 5.74) is -0.989. The summed E-state index contributed by atoms with van der Waals surface area (Å²) in [6.07, 6.45) is 4.90. The van der Waals surface area contributed by atoms with E-state index in [2.05, 4.69) is 0 Å². The Balaban J connectivity index is 1.58. The predicted octanol–water partition coefficient (Wildman–Crippen LogP) is 6.74. The molecule has 10 heteroatoms. The molecule has 4 aromatic carbocycles. The van der Waals surface area contributed by atoms with Crippen LogP contribution in [0.1, 0.15) is 32.1 Å². The van der Waals surface area contributed by atoms with Gasteiger partial charge in [-0.2, -0.15) is 0 Å². The van der Waals surface area contributed by atoms with Crippen molar-refractivity contribution >= 4 is 35.5 Å². The number of ether oxygens (including phenoxy) is 6. The molecule has 0 aromatic heterocycles. The van der Waals surface area contributed by atoms with Crippen molar-refractivity contribution in [2.75, 3.05) is 54.0 Å². The molecule has 0 atom stereocenters. The van der Waals surface area contributed by atoms with Gasteiger partial charge >= 0.3 is 0 Å². The molecule has 1 spiro atoms. The van der Waals surface area contributed by atoms with Crippen molar-refractivity contribution in [2.24, 2.45) is 5.41 Å². The molecular weight excluding hydrogens is 658 g/mol. The number of hydrogen-bond acceptors (Lipinski definition) is 8. The first-order valence-corrected chi connectivity index (χ1v) is 20.5. The Hall–Kier alpha value is -3.54. The monoisotopic (exact) mass is 704 g/mol. The summed E-state index contributed by atoms with van der Waals surface area (Å²) < 4.78 is 69.4. The fourth-order valence-corrected chi connectivity index (χ4v) is 14.8. The average Bonchev–Trinajstić information content (AvgIpc) is 3.16. The van der Waals surface area contributed by atoms with Gasteiger partial charge in [-0.15, -0.1) is 0 Å². The molecule has 1 saturated carbocycles. The third-order valence-electron chi connectivity index (χ3n) is 9.91. The zero-order valence-electron chi connectivity index (χ0n) is 28.8. The molecule has 8 nitrogen and oxygen atoms in total. The van der Waals surface area contributed by atoms with Crippen LogP contribution in [0.2, 0.25) is 0 Å². The van der Waals surface area contributed by atoms with Gasteiger partial charge in [-0.1, -0.05) is 55.0 Å². The summed E-state index contributed by atoms with van der Waals surface area (Å²) in [6.45, 7) is 0.408. The summed E-state index contributed by atoms with van der Waals surface area (Å²) in [4.78, 5) is 0. The normalized spacial score (nSPS) is 17.3. The van der Waals surface area contributed by atoms with Crippen molar-refractivity contribution in [2.45, 2.75) is 37.9 Å². The molecule has 0 bridgehead atoms. The van der Waals surface area contributed by atoms with E-state index in [4.69, 9.17) is 28.4 Å². The van der Waals surface area contributed by atoms with Crippen LogP contribution in [-0.4, -0.2) is 59.8 Å². The Morgan fingerprint density at radius 3 is 1.12 bits per heavy atom. The molecule has 0 unspecified atom stereocenters. The molecule has 1 heterocycles. The van der Waals surface area contributed by atoms with E-state index in [1.165, 1.54) is 0 Å². The molecule has 0 amide bonds. The first kappa shape index (κ1) is 35.3. The van der Waals surface area contributed by atoms with E-state index in [0.717, 1.165) is 32.1 Å². The molecule has 1 aliphatic carbocycles. The first-order chi connectivity index (χ1) is 23.8. The van der Waals surface area contributed by atoms with Crippen molar-refractivity contribution in [3.8, 4) is 23.0 Å². The molecule has 1 aliphatic heterocycles. The Bertz CT molecular complexity index is 1620. The molecule has 2 fully saturated rings. The topological polar surface area (TPSA) is 89.5 Å². The van der Waals surface area contributed by atoms with Crippen molar-refractivity contribution < 1.29 is 37.6 Å². The number of hydrogen-bond donors (Lipinski definition) is 0. The lowest BCUT2D eigenvalue weighted by Crippen LogP contribution is -2.54. The standard InChI is InChI=1S/C39H46O8P2/c1-42-30-16-6-10-20-34(30)48(40,35-21-11-7-17-31(35)43-2)28-38(26-46-39(47-27-38)24-14-5-15-25-39)29-49(41,36-22-12-8-18-32(36)44-3)37-23-13-9-19-33(37)45-4/h6-13,16-23H,5,14-15,24-29H2,1-4H3. The maximum Gasteiger partial charge on any atom is 0.168 e. The molecule has 260 valence electrons. The fourth-order valence-electron chi connectivity index (χ4n) is 7.52. The maximum absolute atomic E-state index is 16.2. The quantitative estimate of drug-likeness (QED) is 0.150. The lowest BCUT2D eigenvalue weighted by molar-refractivity contribution is -0.308. The van der Waals surface area contributed by atoms with Crippen LogP contribution in [0, 0.1) is 5.41 Å². The van der Waals surface area contributed by atoms with Crippen LogP contribution < -0.4 is 40.2 Å². The van der Waals surface area contributed by atoms with Gasteiger partial charge in [0, 0.05) is 30.6 Å². The average molecular weight is 705 g/mol. The minimum atomic E-state index is -3.62. The highest BCUT2D eigenvalue weighted by Gasteiger charge is 2.53. The van der Waals surface area contributed by atoms with Crippen molar-refractivity contribution in [1.82, 2.24) is 0 Å². The number of methoxy groups -OCH3 is 4. The van der Waals surface area contributed by atoms with Crippen molar-refractivity contribution in [3.05, 3.63) is 97.1 Å². The van der Waals surface area contributed by atoms with E-state index >= 15 is 9.13 Å². The van der Waals surface area contributed by atoms with E-state index in [9.17, 15) is 0 Å². The minimum absolute atomic E-state index is 0.0884. The van der Waals surface area contributed by atoms with Crippen LogP contribution in [0.25, 0.3) is 0 Å². The highest BCUT2D eigenvalue weighted by molar-refractivity contribution is 7.80. The molecule has 0 radical (unpaired) electrons. The Morgan fingerprint density at radius 2 is 0.816 bits per heavy atom. The lowest BCUT2D eigenvalue weighted by atomic mass is 9.89. The van der Waals surface area contributed by atoms with Crippen LogP contribution in [0.4, 0.5) is 0 Å². The summed E-state index contributed by atoms with van der Waals surface area (Å²) in [6, 6.07) is 29.6. The van der Waals surface area contributed by atoms with E-state index in [1.54, 1.807) is 28.4 Å². The molecule has 2 aliphatic rings. The smallest absolute Gasteiger partial charge is 0.168 e. The maximum atomic E-state index is 16.2. The zero-order chi connectivity index (χ0) is 34.5. The van der Waals surface area contributed by atoms with E-state index in [0.29, 0.717) is 44.2 Å². The summed E-state index contributed by atoms with van der Waals surface area (Å²) in [5.74, 6) is 1.31. The predicted molar refractivity (Wildman–Crippen MR) is 196 cm³/mol. The second-order valence-electron chi connectivity index (χ2n) is 13.0. The highest BCUT2D eigenvalue weighted by atomic mass is 31.2. The van der Waals surface area contributed by atoms with Crippen LogP contribution in [0.5, 0.6) is 23.0 Å². The van der Waals surface area contributed by atoms with Gasteiger partial charge in [0.1, 0.15) is 23.0 Å². The SMILES string of the molecule is COc1ccccc1P(=O)(CC1(CP(=O)(c2ccccc2OC)c2ccccc2OC)COC2(CCCCC2)OC1)c1ccccc1OC. The highest BCUT2D eigenvalue weighted by Crippen LogP contribution is 2.60. The Labute approximate surface area is 289 Å². The van der Waals surface area contributed by atoms with Crippen LogP contribution in [0.3, 0.4) is 0 Å². The molecule has 0 N–H and O–H groups in total. The third-order valence-corrected chi connectivity index (χ3v) is 16.7. The van der Waals surface area contributed by atoms with Crippen LogP contribution >= 0.6 is 14.3 Å². The third kappa shape index (κ3) is 6.81. The van der Waals surface area contributed by atoms with Gasteiger partial charge in [0.15, 0.2) is 20.1 Å². The molecule has 49 heavy (non-hydrogen) atoms. The molecule has 4 aromatic rings. The van der Waals surface area contributed by atoms with Crippen molar-refractivity contribution in [3.63, 3.8) is 0 Å². The number of rotatable bonds is 12. The summed E-state index contributed by atoms with van der Waals surface area (Å²) >= 11 is 0. The zero-order valence-corrected chi connectivity index (χ0v) is 30.6. The van der Waals surface area contributed by atoms with Gasteiger partial charge in [-0.05, 0) is 61.4 Å². The van der Waals surface area contributed by atoms with Gasteiger partial charge < -0.3 is 37.6 Å². The summed E-state index contributed by atoms with van der Waals surface area (Å²) in [7, 11) is -0.910. The second-order valence-corrected chi connectivity index (χ2v) is 18.6. The first-order valence-electron chi connectivity index (χ1n) is 16.8. The van der Waals surface area contributed by atoms with Gasteiger partial charge in [0.25, 0.3) is 0 Å². The summed E-state index contributed by atoms with van der Waals surface area (Å²) in [5, 5.41) is 2.24. The number of para-hydroxylation sites is 4. The van der Waals surface area contributed by atoms with Crippen molar-refractivity contribution in [1.29, 1.82) is 0 Å². The molecule has 6 rings (SSSR count). The fraction of sp³-hybridized carbons (Fsp3) is 0.385. The van der Waals surface area contributed by atoms with E-state index in [1.807, 2.05) is 97.1 Å². The second kappa shape index (κ2) is 14.7. The minimum Gasteiger partial charge on any atom is -0.496 e. The van der Waals surface area contributed by atoms with E-state index in [-0.39, 0.29) is 25.5 Å². The largest absolute Gasteiger partial charge is 0.496 e. The van der Waals surface area contributed by atoms with Gasteiger partial charge in [-0.3, -0.25) is 0 Å². The Kier molecular flexibility index (Phi) is 10.6. The lowest BCUT2D eigenvalue weighted by Gasteiger charge is -2.49. The van der Waals surface area contributed by atoms with Gasteiger partial charge in [-0.25, -0.2) is 0 Å². The van der Waals surface area contributed by atoms with Crippen LogP contribution in [-0.2, 0) is 18.6 Å². The van der Waals surface area contributed by atoms with Gasteiger partial charge in [0.2, 0.25) is 0 Å². The molecule has 1 saturated heterocycles. The van der Waals surface area contributed by atoms with Gasteiger partial charge in [0.05, 0.1) is 62.9 Å². The van der Waals surface area contributed by atoms with Crippen LogP contribution in [0.15, 0.2) is 97.1 Å².